The molecule has 0 unspecified atom stereocenters. The second kappa shape index (κ2) is 7.05. The van der Waals surface area contributed by atoms with Crippen molar-refractivity contribution in [3.05, 3.63) is 84.1 Å². The second-order valence-corrected chi connectivity index (χ2v) is 8.24. The molecule has 4 aromatic rings. The zero-order valence-electron chi connectivity index (χ0n) is 13.2. The van der Waals surface area contributed by atoms with E-state index in [-0.39, 0.29) is 11.1 Å². The fourth-order valence-electron chi connectivity index (χ4n) is 2.81. The number of aromatic nitrogens is 2. The van der Waals surface area contributed by atoms with Crippen molar-refractivity contribution >= 4 is 57.0 Å². The highest BCUT2D eigenvalue weighted by Gasteiger charge is 2.16. The number of para-hydroxylation sites is 1. The van der Waals surface area contributed by atoms with Gasteiger partial charge < -0.3 is 0 Å². The van der Waals surface area contributed by atoms with Gasteiger partial charge in [0, 0.05) is 15.8 Å². The molecular formula is C19H11Cl3N2OS. The molecule has 26 heavy (non-hydrogen) atoms. The average Bonchev–Trinajstić information content (AvgIpc) is 3.05. The number of halogens is 3. The van der Waals surface area contributed by atoms with Crippen molar-refractivity contribution in [2.75, 3.05) is 0 Å². The first-order valence-electron chi connectivity index (χ1n) is 7.73. The van der Waals surface area contributed by atoms with Crippen LogP contribution in [-0.2, 0) is 6.54 Å². The Labute approximate surface area is 168 Å². The van der Waals surface area contributed by atoms with Crippen LogP contribution in [0.25, 0.3) is 22.2 Å². The summed E-state index contributed by atoms with van der Waals surface area (Å²) in [4.78, 5) is 14.0. The van der Waals surface area contributed by atoms with Crippen molar-refractivity contribution in [2.24, 2.45) is 0 Å². The highest BCUT2D eigenvalue weighted by Crippen LogP contribution is 2.32. The lowest BCUT2D eigenvalue weighted by Gasteiger charge is -2.12. The van der Waals surface area contributed by atoms with Crippen LogP contribution in [0.3, 0.4) is 0 Å². The normalized spacial score (nSPS) is 11.2. The van der Waals surface area contributed by atoms with E-state index in [2.05, 4.69) is 5.10 Å². The lowest BCUT2D eigenvalue weighted by molar-refractivity contribution is 0.707. The molecule has 2 aromatic carbocycles. The van der Waals surface area contributed by atoms with E-state index in [1.165, 1.54) is 11.3 Å². The van der Waals surface area contributed by atoms with E-state index in [1.807, 2.05) is 30.3 Å². The molecule has 7 heteroatoms. The summed E-state index contributed by atoms with van der Waals surface area (Å²) in [6, 6.07) is 16.4. The Kier molecular flexibility index (Phi) is 4.76. The minimum Gasteiger partial charge on any atom is -0.287 e. The number of rotatable bonds is 3. The molecule has 0 fully saturated rings. The molecule has 0 aliphatic rings. The van der Waals surface area contributed by atoms with Gasteiger partial charge in [-0.2, -0.15) is 5.10 Å². The van der Waals surface area contributed by atoms with Gasteiger partial charge in [-0.3, -0.25) is 9.48 Å². The first-order valence-corrected chi connectivity index (χ1v) is 9.68. The molecule has 2 heterocycles. The Balaban J connectivity index is 1.98. The Morgan fingerprint density at radius 2 is 1.77 bits per heavy atom. The van der Waals surface area contributed by atoms with E-state index in [1.54, 1.807) is 28.9 Å². The van der Waals surface area contributed by atoms with Gasteiger partial charge in [-0.1, -0.05) is 59.1 Å². The quantitative estimate of drug-likeness (QED) is 0.398. The predicted octanol–water partition coefficient (Wildman–Crippen LogP) is 6.13. The Morgan fingerprint density at radius 1 is 0.962 bits per heavy atom. The van der Waals surface area contributed by atoms with Gasteiger partial charge in [-0.05, 0) is 30.3 Å². The fraction of sp³-hybridized carbons (Fsp3) is 0.0526. The zero-order chi connectivity index (χ0) is 18.3. The summed E-state index contributed by atoms with van der Waals surface area (Å²) in [5.74, 6) is 0. The fourth-order valence-corrected chi connectivity index (χ4v) is 4.27. The van der Waals surface area contributed by atoms with Gasteiger partial charge in [0.1, 0.15) is 5.69 Å². The number of hydrogen-bond donors (Lipinski definition) is 0. The third-order valence-electron chi connectivity index (χ3n) is 4.00. The molecule has 0 radical (unpaired) electrons. The largest absolute Gasteiger partial charge is 0.287 e. The summed E-state index contributed by atoms with van der Waals surface area (Å²) in [6.07, 6.45) is 0. The summed E-state index contributed by atoms with van der Waals surface area (Å²) in [7, 11) is 0. The van der Waals surface area contributed by atoms with Crippen LogP contribution in [-0.4, -0.2) is 9.78 Å². The summed E-state index contributed by atoms with van der Waals surface area (Å²) in [5.41, 5.74) is 1.38. The topological polar surface area (TPSA) is 34.9 Å². The molecule has 0 saturated heterocycles. The van der Waals surface area contributed by atoms with Gasteiger partial charge in [0.25, 0.3) is 0 Å². The highest BCUT2D eigenvalue weighted by atomic mass is 35.5. The van der Waals surface area contributed by atoms with E-state index < -0.39 is 0 Å². The monoisotopic (exact) mass is 420 g/mol. The molecule has 0 spiro atoms. The molecular weight excluding hydrogens is 411 g/mol. The van der Waals surface area contributed by atoms with Crippen molar-refractivity contribution in [3.8, 4) is 11.3 Å². The van der Waals surface area contributed by atoms with Crippen LogP contribution in [0.4, 0.5) is 0 Å². The smallest absolute Gasteiger partial charge is 0.215 e. The predicted molar refractivity (Wildman–Crippen MR) is 110 cm³/mol. The standard InChI is InChI=1S/C19H11Cl3N2OS/c20-14-6-3-5-13(17(14)22)18-19(25)12-4-1-2-7-15(12)24(23-18)10-11-8-9-16(21)26-11/h1-9H,10H2. The summed E-state index contributed by atoms with van der Waals surface area (Å²) in [5, 5.41) is 5.89. The molecule has 0 aliphatic carbocycles. The molecule has 0 amide bonds. The van der Waals surface area contributed by atoms with Crippen molar-refractivity contribution in [1.29, 1.82) is 0 Å². The number of nitrogens with zero attached hydrogens (tertiary/aromatic N) is 2. The van der Waals surface area contributed by atoms with Gasteiger partial charge in [-0.25, -0.2) is 0 Å². The first kappa shape index (κ1) is 17.6. The summed E-state index contributed by atoms with van der Waals surface area (Å²) >= 11 is 20.0. The minimum absolute atomic E-state index is 0.176. The Hall–Kier alpha value is -1.85. The number of thiophene rings is 1. The maximum Gasteiger partial charge on any atom is 0.215 e. The molecule has 3 nitrogen and oxygen atoms in total. The number of fused-ring (bicyclic) bond motifs is 1. The van der Waals surface area contributed by atoms with E-state index in [0.29, 0.717) is 31.9 Å². The SMILES string of the molecule is O=c1c(-c2cccc(Cl)c2Cl)nn(Cc2ccc(Cl)s2)c2ccccc12. The van der Waals surface area contributed by atoms with Gasteiger partial charge in [0.15, 0.2) is 0 Å². The van der Waals surface area contributed by atoms with E-state index in [9.17, 15) is 4.79 Å². The summed E-state index contributed by atoms with van der Waals surface area (Å²) < 4.78 is 2.51. The molecule has 4 rings (SSSR count). The van der Waals surface area contributed by atoms with Crippen molar-refractivity contribution < 1.29 is 0 Å². The highest BCUT2D eigenvalue weighted by molar-refractivity contribution is 7.16. The number of hydrogen-bond acceptors (Lipinski definition) is 3. The van der Waals surface area contributed by atoms with Gasteiger partial charge in [0.2, 0.25) is 5.43 Å². The van der Waals surface area contributed by atoms with Crippen LogP contribution in [0, 0.1) is 0 Å². The van der Waals surface area contributed by atoms with E-state index in [0.717, 1.165) is 10.4 Å². The molecule has 0 saturated carbocycles. The first-order chi connectivity index (χ1) is 12.5. The molecule has 0 aliphatic heterocycles. The number of benzene rings is 2. The molecule has 0 atom stereocenters. The maximum absolute atomic E-state index is 13.0. The molecule has 130 valence electrons. The lowest BCUT2D eigenvalue weighted by Crippen LogP contribution is -2.17. The van der Waals surface area contributed by atoms with Crippen molar-refractivity contribution in [2.45, 2.75) is 6.54 Å². The van der Waals surface area contributed by atoms with Crippen molar-refractivity contribution in [1.82, 2.24) is 9.78 Å². The van der Waals surface area contributed by atoms with Gasteiger partial charge in [-0.15, -0.1) is 11.3 Å². The van der Waals surface area contributed by atoms with Gasteiger partial charge >= 0.3 is 0 Å². The van der Waals surface area contributed by atoms with Crippen LogP contribution >= 0.6 is 46.1 Å². The third kappa shape index (κ3) is 3.14. The summed E-state index contributed by atoms with van der Waals surface area (Å²) in [6.45, 7) is 0.503. The lowest BCUT2D eigenvalue weighted by atomic mass is 10.1. The molecule has 0 N–H and O–H groups in total. The minimum atomic E-state index is -0.176. The molecule has 0 bridgehead atoms. The van der Waals surface area contributed by atoms with Crippen LogP contribution in [0.2, 0.25) is 14.4 Å². The Bertz CT molecular complexity index is 1180. The van der Waals surface area contributed by atoms with Crippen LogP contribution in [0.1, 0.15) is 4.88 Å². The third-order valence-corrected chi connectivity index (χ3v) is 6.04. The average molecular weight is 422 g/mol. The van der Waals surface area contributed by atoms with E-state index in [4.69, 9.17) is 34.8 Å². The van der Waals surface area contributed by atoms with Crippen LogP contribution in [0.15, 0.2) is 59.4 Å². The molecule has 2 aromatic heterocycles. The maximum atomic E-state index is 13.0. The van der Waals surface area contributed by atoms with Crippen molar-refractivity contribution in [3.63, 3.8) is 0 Å². The Morgan fingerprint density at radius 3 is 2.54 bits per heavy atom. The zero-order valence-corrected chi connectivity index (χ0v) is 16.3. The van der Waals surface area contributed by atoms with Crippen LogP contribution < -0.4 is 5.43 Å². The van der Waals surface area contributed by atoms with Crippen LogP contribution in [0.5, 0.6) is 0 Å². The van der Waals surface area contributed by atoms with E-state index >= 15 is 0 Å². The van der Waals surface area contributed by atoms with Gasteiger partial charge in [0.05, 0.1) is 26.4 Å². The second-order valence-electron chi connectivity index (χ2n) is 5.66.